The molecular weight excluding hydrogens is 249 g/mol. The second kappa shape index (κ2) is 17.0. The largest absolute Gasteiger partial charge is 1.00 e. The fourth-order valence-corrected chi connectivity index (χ4v) is 0.512. The summed E-state index contributed by atoms with van der Waals surface area (Å²) in [6.07, 6.45) is 4.93. The standard InChI is InChI=1S/C6H14N.HNO3.Ru/c1-2-3-4-5-6-7;2-1(3)4;/h6H,2-5,7H2,1H3;(H,2,3,4);/q-1;;+1. The molecule has 0 aromatic rings. The Hall–Kier alpha value is -0.217. The van der Waals surface area contributed by atoms with Crippen molar-refractivity contribution < 1.29 is 29.8 Å². The summed E-state index contributed by atoms with van der Waals surface area (Å²) in [5, 5.41) is 13.6. The van der Waals surface area contributed by atoms with Crippen LogP contribution in [-0.4, -0.2) is 10.3 Å². The van der Waals surface area contributed by atoms with E-state index in [0.29, 0.717) is 0 Å². The zero-order valence-electron chi connectivity index (χ0n) is 7.05. The molecule has 12 heavy (non-hydrogen) atoms. The molecule has 0 fully saturated rings. The second-order valence-corrected chi connectivity index (χ2v) is 1.97. The van der Waals surface area contributed by atoms with Crippen molar-refractivity contribution in [3.05, 3.63) is 16.7 Å². The van der Waals surface area contributed by atoms with Crippen LogP contribution in [0, 0.1) is 16.7 Å². The van der Waals surface area contributed by atoms with Gasteiger partial charge in [0.25, 0.3) is 5.09 Å². The molecule has 0 unspecified atom stereocenters. The van der Waals surface area contributed by atoms with Gasteiger partial charge in [-0.2, -0.15) is 6.42 Å². The van der Waals surface area contributed by atoms with Crippen molar-refractivity contribution >= 4 is 0 Å². The summed E-state index contributed by atoms with van der Waals surface area (Å²) < 4.78 is 0. The van der Waals surface area contributed by atoms with Crippen LogP contribution in [0.2, 0.25) is 0 Å². The van der Waals surface area contributed by atoms with E-state index in [0.717, 1.165) is 6.42 Å². The van der Waals surface area contributed by atoms with Gasteiger partial charge in [-0.05, 0) is 0 Å². The molecule has 6 heteroatoms. The Balaban J connectivity index is -0.000000142. The first-order chi connectivity index (χ1) is 5.15. The molecule has 0 aliphatic carbocycles. The van der Waals surface area contributed by atoms with Gasteiger partial charge in [-0.25, -0.2) is 0 Å². The third-order valence-electron chi connectivity index (χ3n) is 0.974. The predicted molar refractivity (Wildman–Crippen MR) is 41.4 cm³/mol. The van der Waals surface area contributed by atoms with Crippen LogP contribution in [0.3, 0.4) is 0 Å². The van der Waals surface area contributed by atoms with Crippen molar-refractivity contribution in [3.8, 4) is 0 Å². The minimum atomic E-state index is -1.50. The maximum absolute atomic E-state index is 8.36. The monoisotopic (exact) mass is 265 g/mol. The van der Waals surface area contributed by atoms with Crippen molar-refractivity contribution in [2.75, 3.05) is 0 Å². The van der Waals surface area contributed by atoms with E-state index in [4.69, 9.17) is 21.1 Å². The Kier molecular flexibility index (Phi) is 25.2. The number of rotatable bonds is 4. The molecule has 75 valence electrons. The maximum atomic E-state index is 8.36. The van der Waals surface area contributed by atoms with Crippen molar-refractivity contribution in [1.29, 1.82) is 0 Å². The fourth-order valence-electron chi connectivity index (χ4n) is 0.512. The van der Waals surface area contributed by atoms with Crippen LogP contribution in [0.4, 0.5) is 0 Å². The van der Waals surface area contributed by atoms with Gasteiger partial charge in [0.1, 0.15) is 0 Å². The minimum absolute atomic E-state index is 0. The molecule has 1 radical (unpaired) electrons. The van der Waals surface area contributed by atoms with Gasteiger partial charge in [-0.3, -0.25) is 6.54 Å². The molecule has 0 saturated carbocycles. The van der Waals surface area contributed by atoms with Crippen molar-refractivity contribution in [2.24, 2.45) is 5.73 Å². The van der Waals surface area contributed by atoms with E-state index in [9.17, 15) is 0 Å². The van der Waals surface area contributed by atoms with Gasteiger partial charge < -0.3 is 10.9 Å². The van der Waals surface area contributed by atoms with Crippen molar-refractivity contribution in [1.82, 2.24) is 0 Å². The summed E-state index contributed by atoms with van der Waals surface area (Å²) in [4.78, 5) is 8.36. The molecule has 0 aliphatic rings. The van der Waals surface area contributed by atoms with Gasteiger partial charge >= 0.3 is 19.5 Å². The van der Waals surface area contributed by atoms with Gasteiger partial charge in [-0.1, -0.05) is 26.2 Å². The van der Waals surface area contributed by atoms with Crippen LogP contribution in [0.5, 0.6) is 0 Å². The molecule has 5 nitrogen and oxygen atoms in total. The zero-order valence-corrected chi connectivity index (χ0v) is 8.79. The fraction of sp³-hybridized carbons (Fsp3) is 0.833. The van der Waals surface area contributed by atoms with E-state index in [2.05, 4.69) is 6.92 Å². The molecule has 0 amide bonds. The third-order valence-corrected chi connectivity index (χ3v) is 0.974. The summed E-state index contributed by atoms with van der Waals surface area (Å²) in [7, 11) is 0. The molecule has 0 saturated heterocycles. The minimum Gasteiger partial charge on any atom is -0.483 e. The first-order valence-corrected chi connectivity index (χ1v) is 3.51. The predicted octanol–water partition coefficient (Wildman–Crippen LogP) is 1.34. The number of hydrogen-bond acceptors (Lipinski definition) is 3. The molecule has 0 spiro atoms. The first-order valence-electron chi connectivity index (χ1n) is 3.51. The number of nitrogens with two attached hydrogens (primary N) is 1. The van der Waals surface area contributed by atoms with E-state index in [1.54, 1.807) is 6.54 Å². The van der Waals surface area contributed by atoms with E-state index in [1.165, 1.54) is 19.3 Å². The average Bonchev–Trinajstić information content (AvgIpc) is 1.88. The Labute approximate surface area is 85.2 Å². The molecule has 0 heterocycles. The van der Waals surface area contributed by atoms with Crippen molar-refractivity contribution in [2.45, 2.75) is 32.6 Å². The summed E-state index contributed by atoms with van der Waals surface area (Å²) >= 11 is 0. The molecule has 0 bridgehead atoms. The summed E-state index contributed by atoms with van der Waals surface area (Å²) in [6, 6.07) is 0. The Morgan fingerprint density at radius 2 is 2.00 bits per heavy atom. The zero-order chi connectivity index (χ0) is 9.11. The van der Waals surface area contributed by atoms with Gasteiger partial charge in [-0.15, -0.1) is 10.1 Å². The van der Waals surface area contributed by atoms with Crippen LogP contribution in [0.1, 0.15) is 32.6 Å². The first kappa shape index (κ1) is 17.8. The number of hydrogen-bond donors (Lipinski definition) is 2. The van der Waals surface area contributed by atoms with Gasteiger partial charge in [0.15, 0.2) is 0 Å². The molecule has 0 aromatic heterocycles. The molecule has 0 rings (SSSR count). The number of unbranched alkanes of at least 4 members (excludes halogenated alkanes) is 3. The van der Waals surface area contributed by atoms with Gasteiger partial charge in [0.2, 0.25) is 0 Å². The Morgan fingerprint density at radius 1 is 1.58 bits per heavy atom. The van der Waals surface area contributed by atoms with Crippen LogP contribution >= 0.6 is 0 Å². The Bertz CT molecular complexity index is 84.9. The van der Waals surface area contributed by atoms with Crippen LogP contribution < -0.4 is 5.73 Å². The third kappa shape index (κ3) is 52.7. The molecule has 0 aliphatic heterocycles. The summed E-state index contributed by atoms with van der Waals surface area (Å²) in [6.45, 7) is 3.92. The van der Waals surface area contributed by atoms with Crippen LogP contribution in [0.15, 0.2) is 0 Å². The topological polar surface area (TPSA) is 89.4 Å². The SMILES string of the molecule is CCCCC[CH-]N.O=[N+]([O-])O.[Ru+]. The second-order valence-electron chi connectivity index (χ2n) is 1.97. The van der Waals surface area contributed by atoms with E-state index < -0.39 is 5.09 Å². The van der Waals surface area contributed by atoms with Crippen LogP contribution in [-0.2, 0) is 19.5 Å². The normalized spacial score (nSPS) is 7.50. The molecule has 0 atom stereocenters. The average molecular weight is 264 g/mol. The van der Waals surface area contributed by atoms with E-state index in [-0.39, 0.29) is 19.5 Å². The van der Waals surface area contributed by atoms with Crippen LogP contribution in [0.25, 0.3) is 0 Å². The van der Waals surface area contributed by atoms with Gasteiger partial charge in [0, 0.05) is 0 Å². The van der Waals surface area contributed by atoms with E-state index >= 15 is 0 Å². The summed E-state index contributed by atoms with van der Waals surface area (Å²) in [5.74, 6) is 0. The van der Waals surface area contributed by atoms with E-state index in [1.807, 2.05) is 0 Å². The Morgan fingerprint density at radius 3 is 2.25 bits per heavy atom. The summed E-state index contributed by atoms with van der Waals surface area (Å²) in [5.41, 5.74) is 5.14. The number of nitrogens with zero attached hydrogens (tertiary/aromatic N) is 1. The smallest absolute Gasteiger partial charge is 0.483 e. The molecule has 0 aromatic carbocycles. The molecular formula is C6H15N2O3Ru. The van der Waals surface area contributed by atoms with Crippen molar-refractivity contribution in [3.63, 3.8) is 0 Å². The molecule has 3 N–H and O–H groups in total. The maximum Gasteiger partial charge on any atom is 1.00 e. The van der Waals surface area contributed by atoms with Gasteiger partial charge in [0.05, 0.1) is 0 Å². The quantitative estimate of drug-likeness (QED) is 0.263.